The Bertz CT molecular complexity index is 1590. The van der Waals surface area contributed by atoms with Gasteiger partial charge in [0.2, 0.25) is 10.0 Å². The van der Waals surface area contributed by atoms with Crippen molar-refractivity contribution >= 4 is 39.2 Å². The Balaban J connectivity index is 1.42. The molecule has 1 aromatic rings. The zero-order valence-corrected chi connectivity index (χ0v) is 29.1. The molecule has 5 aliphatic rings. The summed E-state index contributed by atoms with van der Waals surface area (Å²) in [6.45, 7) is 10.3. The van der Waals surface area contributed by atoms with Gasteiger partial charge in [0.15, 0.2) is 0 Å². The number of carbonyl (C=O) groups is 2. The Morgan fingerprint density at radius 3 is 2.70 bits per heavy atom. The summed E-state index contributed by atoms with van der Waals surface area (Å²) in [6.07, 6.45) is 11.2. The number of ether oxygens (including phenoxy) is 3. The van der Waals surface area contributed by atoms with E-state index in [1.54, 1.807) is 18.2 Å². The van der Waals surface area contributed by atoms with Crippen molar-refractivity contribution in [1.29, 1.82) is 0 Å². The van der Waals surface area contributed by atoms with Gasteiger partial charge in [-0.2, -0.15) is 0 Å². The number of esters is 1. The van der Waals surface area contributed by atoms with E-state index in [1.807, 2.05) is 26.0 Å². The van der Waals surface area contributed by atoms with Crippen molar-refractivity contribution < 1.29 is 32.2 Å². The molecule has 9 nitrogen and oxygen atoms in total. The molecule has 1 amide bonds. The number of sulfonamides is 1. The topological polar surface area (TPSA) is 111 Å². The van der Waals surface area contributed by atoms with Crippen LogP contribution in [0, 0.1) is 17.3 Å². The summed E-state index contributed by atoms with van der Waals surface area (Å²) in [6, 6.07) is 5.17. The molecule has 0 unspecified atom stereocenters. The normalized spacial score (nSPS) is 34.1. The summed E-state index contributed by atoms with van der Waals surface area (Å²) in [5.41, 5.74) is 1.99. The van der Waals surface area contributed by atoms with Crippen LogP contribution in [0.25, 0.3) is 0 Å². The predicted octanol–water partition coefficient (Wildman–Crippen LogP) is 6.43. The largest absolute Gasteiger partial charge is 0.490 e. The molecule has 1 saturated heterocycles. The van der Waals surface area contributed by atoms with Gasteiger partial charge in [-0.15, -0.1) is 0 Å². The van der Waals surface area contributed by atoms with E-state index in [0.29, 0.717) is 69.2 Å². The van der Waals surface area contributed by atoms with Crippen LogP contribution in [0.5, 0.6) is 5.75 Å². The van der Waals surface area contributed by atoms with Gasteiger partial charge in [-0.3, -0.25) is 4.79 Å². The van der Waals surface area contributed by atoms with Gasteiger partial charge in [-0.05, 0) is 106 Å². The zero-order chi connectivity index (χ0) is 33.4. The van der Waals surface area contributed by atoms with E-state index in [9.17, 15) is 18.0 Å². The number of anilines is 1. The minimum absolute atomic E-state index is 0.0493. The molecule has 256 valence electrons. The third-order valence-corrected chi connectivity index (χ3v) is 13.5. The number of halogens is 1. The molecule has 1 N–H and O–H groups in total. The molecular formula is C36H47ClN2O7S. The highest BCUT2D eigenvalue weighted by Gasteiger charge is 2.53. The number of nitrogens with zero attached hydrogens (tertiary/aromatic N) is 1. The number of rotatable bonds is 2. The fourth-order valence-corrected chi connectivity index (χ4v) is 9.99. The van der Waals surface area contributed by atoms with Crippen LogP contribution in [0.15, 0.2) is 53.1 Å². The third-order valence-electron chi connectivity index (χ3n) is 11.2. The van der Waals surface area contributed by atoms with Crippen molar-refractivity contribution in [3.63, 3.8) is 0 Å². The monoisotopic (exact) mass is 686 g/mol. The van der Waals surface area contributed by atoms with E-state index in [4.69, 9.17) is 25.8 Å². The lowest BCUT2D eigenvalue weighted by Gasteiger charge is -2.52. The van der Waals surface area contributed by atoms with E-state index < -0.39 is 32.2 Å². The van der Waals surface area contributed by atoms with Crippen LogP contribution in [0.3, 0.4) is 0 Å². The molecule has 2 aliphatic carbocycles. The molecule has 3 aliphatic heterocycles. The second-order valence-electron chi connectivity index (χ2n) is 14.0. The Hall–Kier alpha value is -2.82. The molecule has 11 heteroatoms. The number of nitrogens with one attached hydrogen (secondary N) is 1. The van der Waals surface area contributed by atoms with Crippen molar-refractivity contribution in [1.82, 2.24) is 4.72 Å². The Kier molecular flexibility index (Phi) is 9.85. The first-order chi connectivity index (χ1) is 22.5. The average Bonchev–Trinajstić information content (AvgIpc) is 3.17. The van der Waals surface area contributed by atoms with E-state index in [1.165, 1.54) is 0 Å². The standard InChI is InChI=1S/C36H47ClN2O7S/c1-4-28(37)17-25-9-8-15-35(24(25)3)21-39-19-27-11-13-30(27)36(23-44-20-33(40)46-36)16-7-6-10-29(5-2)47(42,43)38-34(41)26-12-14-32(45-22-35)31(39)18-26/h4,12,14,17-18,27,29-30H,3,5-11,13,15-16,19-23H2,1-2H3,(H,38,41)/b25-17-,28-4+/t27-,29+,30+,35-,36+/m0/s1. The molecule has 2 bridgehead atoms. The first-order valence-corrected chi connectivity index (χ1v) is 19.0. The second-order valence-corrected chi connectivity index (χ2v) is 16.4. The first-order valence-electron chi connectivity index (χ1n) is 17.1. The van der Waals surface area contributed by atoms with Crippen LogP contribution in [0.1, 0.15) is 88.4 Å². The maximum atomic E-state index is 13.5. The summed E-state index contributed by atoms with van der Waals surface area (Å²) in [4.78, 5) is 28.5. The number of fused-ring (bicyclic) bond motifs is 3. The predicted molar refractivity (Wildman–Crippen MR) is 182 cm³/mol. The number of amides is 1. The van der Waals surface area contributed by atoms with Gasteiger partial charge in [-0.25, -0.2) is 17.9 Å². The lowest BCUT2D eigenvalue weighted by atomic mass is 9.62. The molecule has 1 aromatic carbocycles. The van der Waals surface area contributed by atoms with Gasteiger partial charge in [0.25, 0.3) is 5.91 Å². The van der Waals surface area contributed by atoms with Crippen molar-refractivity contribution in [3.8, 4) is 5.75 Å². The zero-order valence-electron chi connectivity index (χ0n) is 27.5. The van der Waals surface area contributed by atoms with Crippen LogP contribution in [0.2, 0.25) is 0 Å². The molecule has 2 spiro atoms. The second kappa shape index (κ2) is 13.6. The summed E-state index contributed by atoms with van der Waals surface area (Å²) in [5, 5.41) is -0.0446. The summed E-state index contributed by atoms with van der Waals surface area (Å²) in [5.74, 6) is -0.0350. The number of hydrogen-bond acceptors (Lipinski definition) is 8. The molecule has 0 aromatic heterocycles. The van der Waals surface area contributed by atoms with Crippen LogP contribution < -0.4 is 14.4 Å². The molecule has 5 atom stereocenters. The lowest BCUT2D eigenvalue weighted by Crippen LogP contribution is -2.58. The fourth-order valence-electron chi connectivity index (χ4n) is 8.40. The molecule has 47 heavy (non-hydrogen) atoms. The SMILES string of the molecule is C=C1/C(=C\C(Cl)=C/C)CCC[C@]12COc1ccc3cc1N(C[C@@H]1CC[C@H]1[C@@]1(CCCC[C@@H](CC)S(=O)(=O)NC3=O)COCC(=O)O1)C2. The van der Waals surface area contributed by atoms with Crippen LogP contribution in [-0.4, -0.2) is 64.1 Å². The molecule has 0 radical (unpaired) electrons. The van der Waals surface area contributed by atoms with Crippen molar-refractivity contribution in [3.05, 3.63) is 58.7 Å². The summed E-state index contributed by atoms with van der Waals surface area (Å²) in [7, 11) is -3.93. The maximum absolute atomic E-state index is 13.5. The van der Waals surface area contributed by atoms with Gasteiger partial charge in [0.1, 0.15) is 18.0 Å². The van der Waals surface area contributed by atoms with Crippen LogP contribution in [0.4, 0.5) is 5.69 Å². The van der Waals surface area contributed by atoms with E-state index in [2.05, 4.69) is 16.2 Å². The molecule has 3 fully saturated rings. The van der Waals surface area contributed by atoms with E-state index in [0.717, 1.165) is 48.9 Å². The molecule has 2 saturated carbocycles. The lowest BCUT2D eigenvalue weighted by molar-refractivity contribution is -0.215. The van der Waals surface area contributed by atoms with Crippen molar-refractivity contribution in [2.45, 2.75) is 88.9 Å². The van der Waals surface area contributed by atoms with Crippen molar-refractivity contribution in [2.75, 3.05) is 37.8 Å². The van der Waals surface area contributed by atoms with E-state index >= 15 is 0 Å². The Labute approximate surface area is 283 Å². The maximum Gasteiger partial charge on any atom is 0.332 e. The minimum atomic E-state index is -3.93. The number of benzene rings is 1. The Morgan fingerprint density at radius 1 is 1.15 bits per heavy atom. The van der Waals surface area contributed by atoms with Crippen LogP contribution in [-0.2, 0) is 24.3 Å². The van der Waals surface area contributed by atoms with Gasteiger partial charge >= 0.3 is 5.97 Å². The number of carbonyl (C=O) groups excluding carboxylic acids is 2. The quantitative estimate of drug-likeness (QED) is 0.355. The first kappa shape index (κ1) is 34.1. The summed E-state index contributed by atoms with van der Waals surface area (Å²) < 4.78 is 47.8. The van der Waals surface area contributed by atoms with Gasteiger partial charge in [0, 0.05) is 35.0 Å². The van der Waals surface area contributed by atoms with E-state index in [-0.39, 0.29) is 30.0 Å². The summed E-state index contributed by atoms with van der Waals surface area (Å²) >= 11 is 6.46. The molecular weight excluding hydrogens is 640 g/mol. The minimum Gasteiger partial charge on any atom is -0.490 e. The number of allylic oxidation sites excluding steroid dienone is 4. The highest BCUT2D eigenvalue weighted by atomic mass is 35.5. The van der Waals surface area contributed by atoms with Gasteiger partial charge in [-0.1, -0.05) is 37.6 Å². The van der Waals surface area contributed by atoms with Gasteiger partial charge in [0.05, 0.1) is 24.2 Å². The van der Waals surface area contributed by atoms with Gasteiger partial charge < -0.3 is 19.1 Å². The molecule has 6 rings (SSSR count). The molecule has 3 heterocycles. The highest BCUT2D eigenvalue weighted by molar-refractivity contribution is 7.90. The van der Waals surface area contributed by atoms with Crippen LogP contribution >= 0.6 is 11.6 Å². The highest BCUT2D eigenvalue weighted by Crippen LogP contribution is 2.51. The number of hydrogen-bond donors (Lipinski definition) is 1. The fraction of sp³-hybridized carbons (Fsp3) is 0.611. The average molecular weight is 687 g/mol. The smallest absolute Gasteiger partial charge is 0.332 e. The van der Waals surface area contributed by atoms with Crippen molar-refractivity contribution in [2.24, 2.45) is 17.3 Å². The third kappa shape index (κ3) is 6.75. The Morgan fingerprint density at radius 2 is 1.98 bits per heavy atom.